The number of nitrogens with zero attached hydrogens (tertiary/aromatic N) is 2. The average Bonchev–Trinajstić information content (AvgIpc) is 3.24. The van der Waals surface area contributed by atoms with Gasteiger partial charge in [0.15, 0.2) is 17.2 Å². The highest BCUT2D eigenvalue weighted by Crippen LogP contribution is 2.42. The minimum atomic E-state index is -1.11. The molecule has 1 N–H and O–H groups in total. The average molecular weight is 308 g/mol. The van der Waals surface area contributed by atoms with Crippen LogP contribution >= 0.6 is 0 Å². The molecule has 5 heteroatoms. The van der Waals surface area contributed by atoms with Crippen molar-refractivity contribution in [1.29, 1.82) is 0 Å². The molecule has 23 heavy (non-hydrogen) atoms. The number of benzene rings is 2. The first-order valence-electron chi connectivity index (χ1n) is 7.78. The fraction of sp³-hybridized carbons (Fsp3) is 0.278. The predicted octanol–water partition coefficient (Wildman–Crippen LogP) is 1.88. The molecule has 0 fully saturated rings. The van der Waals surface area contributed by atoms with Crippen LogP contribution in [0.25, 0.3) is 0 Å². The zero-order valence-corrected chi connectivity index (χ0v) is 12.5. The van der Waals surface area contributed by atoms with Crippen molar-refractivity contribution >= 4 is 5.84 Å². The summed E-state index contributed by atoms with van der Waals surface area (Å²) in [6, 6.07) is 13.8. The molecule has 0 radical (unpaired) electrons. The maximum Gasteiger partial charge on any atom is 0.231 e. The number of hydrogen-bond donors (Lipinski definition) is 1. The summed E-state index contributed by atoms with van der Waals surface area (Å²) in [5.41, 5.74) is 1.94. The Morgan fingerprint density at radius 2 is 1.96 bits per heavy atom. The lowest BCUT2D eigenvalue weighted by molar-refractivity contribution is -0.0746. The molecule has 3 heterocycles. The van der Waals surface area contributed by atoms with Crippen LogP contribution < -0.4 is 9.47 Å². The number of rotatable bonds is 1. The molecule has 3 aliphatic heterocycles. The van der Waals surface area contributed by atoms with Crippen LogP contribution in [0.15, 0.2) is 47.5 Å². The van der Waals surface area contributed by atoms with Gasteiger partial charge < -0.3 is 19.5 Å². The second-order valence-electron chi connectivity index (χ2n) is 6.08. The van der Waals surface area contributed by atoms with Crippen molar-refractivity contribution in [1.82, 2.24) is 4.90 Å². The molecule has 0 saturated carbocycles. The van der Waals surface area contributed by atoms with Gasteiger partial charge in [0.05, 0.1) is 6.54 Å². The molecule has 3 aliphatic rings. The van der Waals surface area contributed by atoms with E-state index in [9.17, 15) is 5.11 Å². The fourth-order valence-electron chi connectivity index (χ4n) is 3.69. The summed E-state index contributed by atoms with van der Waals surface area (Å²) in [6.45, 7) is 1.65. The fourth-order valence-corrected chi connectivity index (χ4v) is 3.69. The van der Waals surface area contributed by atoms with E-state index < -0.39 is 5.72 Å². The lowest BCUT2D eigenvalue weighted by Gasteiger charge is -2.43. The van der Waals surface area contributed by atoms with E-state index in [0.717, 1.165) is 28.3 Å². The Morgan fingerprint density at radius 3 is 2.91 bits per heavy atom. The first kappa shape index (κ1) is 13.0. The van der Waals surface area contributed by atoms with Gasteiger partial charge in [-0.3, -0.25) is 4.99 Å². The molecule has 0 amide bonds. The molecule has 2 aromatic carbocycles. The minimum Gasteiger partial charge on any atom is -0.454 e. The van der Waals surface area contributed by atoms with E-state index in [4.69, 9.17) is 9.47 Å². The third kappa shape index (κ3) is 1.74. The Bertz CT molecular complexity index is 833. The van der Waals surface area contributed by atoms with Crippen molar-refractivity contribution in [3.05, 3.63) is 59.2 Å². The number of hydrogen-bond acceptors (Lipinski definition) is 5. The maximum atomic E-state index is 11.5. The van der Waals surface area contributed by atoms with Crippen molar-refractivity contribution in [2.75, 3.05) is 19.9 Å². The summed E-state index contributed by atoms with van der Waals surface area (Å²) in [6.07, 6.45) is 0.530. The van der Waals surface area contributed by atoms with Crippen LogP contribution in [0.4, 0.5) is 0 Å². The van der Waals surface area contributed by atoms with E-state index in [2.05, 4.69) is 17.1 Å². The number of aliphatic hydroxyl groups is 1. The Hall–Kier alpha value is -2.53. The van der Waals surface area contributed by atoms with Gasteiger partial charge >= 0.3 is 0 Å². The first-order chi connectivity index (χ1) is 11.3. The van der Waals surface area contributed by atoms with Gasteiger partial charge in [-0.25, -0.2) is 0 Å². The van der Waals surface area contributed by atoms with Crippen LogP contribution in [0.5, 0.6) is 11.5 Å². The van der Waals surface area contributed by atoms with Crippen molar-refractivity contribution < 1.29 is 14.6 Å². The second kappa shape index (κ2) is 4.49. The number of aliphatic imine (C=N–C) groups is 1. The van der Waals surface area contributed by atoms with Crippen LogP contribution in [-0.2, 0) is 12.1 Å². The normalized spacial score (nSPS) is 24.2. The highest BCUT2D eigenvalue weighted by Gasteiger charge is 2.45. The van der Waals surface area contributed by atoms with E-state index in [-0.39, 0.29) is 6.79 Å². The van der Waals surface area contributed by atoms with Crippen LogP contribution in [0.3, 0.4) is 0 Å². The molecule has 0 aliphatic carbocycles. The van der Waals surface area contributed by atoms with Crippen LogP contribution in [-0.4, -0.2) is 35.7 Å². The number of amidine groups is 1. The molecule has 5 nitrogen and oxygen atoms in total. The van der Waals surface area contributed by atoms with Crippen LogP contribution in [0.1, 0.15) is 16.7 Å². The van der Waals surface area contributed by atoms with Crippen molar-refractivity contribution in [2.24, 2.45) is 4.99 Å². The molecule has 1 atom stereocenters. The summed E-state index contributed by atoms with van der Waals surface area (Å²) in [5, 5.41) is 11.5. The lowest BCUT2D eigenvalue weighted by atomic mass is 9.86. The van der Waals surface area contributed by atoms with Gasteiger partial charge in [-0.15, -0.1) is 0 Å². The van der Waals surface area contributed by atoms with Crippen molar-refractivity contribution in [3.8, 4) is 11.5 Å². The van der Waals surface area contributed by atoms with E-state index in [1.807, 2.05) is 35.2 Å². The smallest absolute Gasteiger partial charge is 0.231 e. The van der Waals surface area contributed by atoms with Gasteiger partial charge in [0, 0.05) is 24.1 Å². The summed E-state index contributed by atoms with van der Waals surface area (Å²) in [5.74, 6) is 2.29. The molecular formula is C18H16N2O3. The number of ether oxygens (including phenoxy) is 2. The van der Waals surface area contributed by atoms with Crippen molar-refractivity contribution in [3.63, 3.8) is 0 Å². The Balaban J connectivity index is 1.66. The standard InChI is InChI=1S/C18H16N2O3/c21-18(13-5-6-15-16(9-13)23-11-22-15)10-12-3-1-2-4-14(12)17-19-7-8-20(17)18/h1-6,9,21H,7-8,10-11H2. The van der Waals surface area contributed by atoms with Crippen LogP contribution in [0, 0.1) is 0 Å². The van der Waals surface area contributed by atoms with Gasteiger partial charge in [-0.1, -0.05) is 30.3 Å². The summed E-state index contributed by atoms with van der Waals surface area (Å²) in [7, 11) is 0. The monoisotopic (exact) mass is 308 g/mol. The summed E-state index contributed by atoms with van der Waals surface area (Å²) in [4.78, 5) is 6.63. The highest BCUT2D eigenvalue weighted by atomic mass is 16.7. The Morgan fingerprint density at radius 1 is 1.09 bits per heavy atom. The lowest BCUT2D eigenvalue weighted by Crippen LogP contribution is -2.53. The SMILES string of the molecule is OC1(c2ccc3c(c2)OCO3)Cc2ccccc2C2=NCCN21. The van der Waals surface area contributed by atoms with E-state index in [1.165, 1.54) is 0 Å². The molecule has 0 aromatic heterocycles. The van der Waals surface area contributed by atoms with E-state index in [0.29, 0.717) is 25.3 Å². The van der Waals surface area contributed by atoms with Gasteiger partial charge in [-0.05, 0) is 17.7 Å². The third-order valence-electron chi connectivity index (χ3n) is 4.82. The van der Waals surface area contributed by atoms with E-state index >= 15 is 0 Å². The van der Waals surface area contributed by atoms with Gasteiger partial charge in [-0.2, -0.15) is 0 Å². The van der Waals surface area contributed by atoms with Crippen LogP contribution in [0.2, 0.25) is 0 Å². The third-order valence-corrected chi connectivity index (χ3v) is 4.82. The molecular weight excluding hydrogens is 292 g/mol. The zero-order valence-electron chi connectivity index (χ0n) is 12.5. The minimum absolute atomic E-state index is 0.233. The molecule has 116 valence electrons. The maximum absolute atomic E-state index is 11.5. The summed E-state index contributed by atoms with van der Waals surface area (Å²) >= 11 is 0. The molecule has 0 saturated heterocycles. The zero-order chi connectivity index (χ0) is 15.4. The molecule has 0 spiro atoms. The second-order valence-corrected chi connectivity index (χ2v) is 6.08. The molecule has 5 rings (SSSR count). The summed E-state index contributed by atoms with van der Waals surface area (Å²) < 4.78 is 10.8. The molecule has 1 unspecified atom stereocenters. The van der Waals surface area contributed by atoms with Gasteiger partial charge in [0.25, 0.3) is 0 Å². The molecule has 0 bridgehead atoms. The quantitative estimate of drug-likeness (QED) is 0.874. The number of fused-ring (bicyclic) bond motifs is 4. The Labute approximate surface area is 133 Å². The molecule has 2 aromatic rings. The van der Waals surface area contributed by atoms with Gasteiger partial charge in [0.2, 0.25) is 6.79 Å². The highest BCUT2D eigenvalue weighted by molar-refractivity contribution is 6.02. The van der Waals surface area contributed by atoms with E-state index in [1.54, 1.807) is 0 Å². The van der Waals surface area contributed by atoms with Gasteiger partial charge in [0.1, 0.15) is 5.84 Å². The Kier molecular flexibility index (Phi) is 2.53. The topological polar surface area (TPSA) is 54.3 Å². The predicted molar refractivity (Wildman–Crippen MR) is 84.7 cm³/mol. The first-order valence-corrected chi connectivity index (χ1v) is 7.78. The largest absolute Gasteiger partial charge is 0.454 e. The van der Waals surface area contributed by atoms with Crippen molar-refractivity contribution in [2.45, 2.75) is 12.1 Å².